The molecule has 1 aliphatic rings. The molecule has 2 aromatic carbocycles. The lowest BCUT2D eigenvalue weighted by Gasteiger charge is -2.27. The normalized spacial score (nSPS) is 23.9. The molecule has 9 nitrogen and oxygen atoms in total. The van der Waals surface area contributed by atoms with Gasteiger partial charge in [-0.25, -0.2) is 18.8 Å². The van der Waals surface area contributed by atoms with Crippen LogP contribution in [-0.4, -0.2) is 46.0 Å². The van der Waals surface area contributed by atoms with Crippen LogP contribution in [0.15, 0.2) is 82.5 Å². The SMILES string of the molecule is CC1(F)C(n2ccc(=O)[nH]c2=O)OC(COC(=O)c2ccccc2)[C@@H]1OC(=O)c1ccccc1. The molecule has 176 valence electrons. The third-order valence-electron chi connectivity index (χ3n) is 5.42. The van der Waals surface area contributed by atoms with Gasteiger partial charge in [0, 0.05) is 12.3 Å². The Kier molecular flexibility index (Phi) is 6.42. The van der Waals surface area contributed by atoms with E-state index in [1.165, 1.54) is 12.1 Å². The lowest BCUT2D eigenvalue weighted by molar-refractivity contribution is -0.0649. The van der Waals surface area contributed by atoms with Crippen LogP contribution >= 0.6 is 0 Å². The number of halogens is 1. The zero-order valence-corrected chi connectivity index (χ0v) is 18.1. The molecule has 1 N–H and O–H groups in total. The van der Waals surface area contributed by atoms with Crippen molar-refractivity contribution in [2.75, 3.05) is 6.61 Å². The van der Waals surface area contributed by atoms with Crippen molar-refractivity contribution in [2.45, 2.75) is 31.0 Å². The van der Waals surface area contributed by atoms with Crippen molar-refractivity contribution < 1.29 is 28.2 Å². The molecule has 4 rings (SSSR count). The summed E-state index contributed by atoms with van der Waals surface area (Å²) in [5, 5.41) is 0. The van der Waals surface area contributed by atoms with Crippen molar-refractivity contribution >= 4 is 11.9 Å². The summed E-state index contributed by atoms with van der Waals surface area (Å²) in [6.07, 6.45) is -3.25. The number of nitrogens with one attached hydrogen (secondary N) is 1. The van der Waals surface area contributed by atoms with E-state index in [0.717, 1.165) is 23.8 Å². The van der Waals surface area contributed by atoms with Gasteiger partial charge in [-0.15, -0.1) is 0 Å². The van der Waals surface area contributed by atoms with Crippen LogP contribution in [0.3, 0.4) is 0 Å². The predicted molar refractivity (Wildman–Crippen MR) is 117 cm³/mol. The number of rotatable bonds is 6. The summed E-state index contributed by atoms with van der Waals surface area (Å²) in [7, 11) is 0. The first-order valence-electron chi connectivity index (χ1n) is 10.4. The van der Waals surface area contributed by atoms with Crippen LogP contribution in [0.1, 0.15) is 33.9 Å². The Labute approximate surface area is 192 Å². The maximum atomic E-state index is 16.1. The average molecular weight is 468 g/mol. The Hall–Kier alpha value is -4.05. The molecule has 2 heterocycles. The number of hydrogen-bond donors (Lipinski definition) is 1. The predicted octanol–water partition coefficient (Wildman–Crippen LogP) is 2.24. The molecule has 0 amide bonds. The quantitative estimate of drug-likeness (QED) is 0.552. The van der Waals surface area contributed by atoms with Gasteiger partial charge < -0.3 is 14.2 Å². The van der Waals surface area contributed by atoms with Gasteiger partial charge in [-0.1, -0.05) is 36.4 Å². The lowest BCUT2D eigenvalue weighted by Crippen LogP contribution is -2.46. The van der Waals surface area contributed by atoms with Crippen LogP contribution in [0.25, 0.3) is 0 Å². The monoisotopic (exact) mass is 468 g/mol. The second-order valence-electron chi connectivity index (χ2n) is 7.85. The fourth-order valence-corrected chi connectivity index (χ4v) is 3.71. The fraction of sp³-hybridized carbons (Fsp3) is 0.250. The summed E-state index contributed by atoms with van der Waals surface area (Å²) < 4.78 is 33.4. The van der Waals surface area contributed by atoms with Crippen LogP contribution in [0.2, 0.25) is 0 Å². The first-order chi connectivity index (χ1) is 16.3. The summed E-state index contributed by atoms with van der Waals surface area (Å²) in [5.41, 5.74) is -3.54. The maximum absolute atomic E-state index is 16.1. The van der Waals surface area contributed by atoms with Gasteiger partial charge in [-0.3, -0.25) is 14.3 Å². The maximum Gasteiger partial charge on any atom is 0.338 e. The molecule has 1 fully saturated rings. The topological polar surface area (TPSA) is 117 Å². The Morgan fingerprint density at radius 2 is 1.59 bits per heavy atom. The molecule has 34 heavy (non-hydrogen) atoms. The second kappa shape index (κ2) is 9.44. The zero-order chi connectivity index (χ0) is 24.3. The van der Waals surface area contributed by atoms with Crippen molar-refractivity contribution in [3.8, 4) is 0 Å². The molecule has 0 spiro atoms. The standard InChI is InChI=1S/C24H21FN2O7/c1-24(25)19(34-21(30)16-10-6-3-7-11-16)17(14-32-20(29)15-8-4-2-5-9-15)33-22(24)27-13-12-18(28)26-23(27)31/h2-13,17,19,22H,14H2,1H3,(H,26,28,31)/t17?,19-,22?,24?/m0/s1. The Morgan fingerprint density at radius 3 is 2.18 bits per heavy atom. The molecule has 1 aromatic heterocycles. The number of benzene rings is 2. The smallest absolute Gasteiger partial charge is 0.338 e. The minimum absolute atomic E-state index is 0.183. The minimum Gasteiger partial charge on any atom is -0.459 e. The number of alkyl halides is 1. The third-order valence-corrected chi connectivity index (χ3v) is 5.42. The van der Waals surface area contributed by atoms with Crippen LogP contribution in [-0.2, 0) is 14.2 Å². The molecule has 0 bridgehead atoms. The second-order valence-corrected chi connectivity index (χ2v) is 7.85. The van der Waals surface area contributed by atoms with E-state index >= 15 is 4.39 Å². The number of nitrogens with zero attached hydrogens (tertiary/aromatic N) is 1. The first-order valence-corrected chi connectivity index (χ1v) is 10.4. The van der Waals surface area contributed by atoms with Crippen LogP contribution < -0.4 is 11.2 Å². The summed E-state index contributed by atoms with van der Waals surface area (Å²) >= 11 is 0. The summed E-state index contributed by atoms with van der Waals surface area (Å²) in [6.45, 7) is 0.658. The Balaban J connectivity index is 1.62. The minimum atomic E-state index is -2.42. The molecule has 10 heteroatoms. The van der Waals surface area contributed by atoms with E-state index in [-0.39, 0.29) is 11.1 Å². The van der Waals surface area contributed by atoms with E-state index < -0.39 is 53.9 Å². The van der Waals surface area contributed by atoms with Crippen molar-refractivity contribution in [2.24, 2.45) is 0 Å². The highest BCUT2D eigenvalue weighted by molar-refractivity contribution is 5.90. The number of carbonyl (C=O) groups excluding carboxylic acids is 2. The van der Waals surface area contributed by atoms with Gasteiger partial charge in [0.05, 0.1) is 11.1 Å². The number of hydrogen-bond acceptors (Lipinski definition) is 7. The van der Waals surface area contributed by atoms with Crippen molar-refractivity contribution in [1.29, 1.82) is 0 Å². The number of aromatic amines is 1. The van der Waals surface area contributed by atoms with Crippen LogP contribution in [0.5, 0.6) is 0 Å². The molecule has 4 atom stereocenters. The number of aromatic nitrogens is 2. The number of H-pyrrole nitrogens is 1. The van der Waals surface area contributed by atoms with E-state index in [1.54, 1.807) is 48.5 Å². The largest absolute Gasteiger partial charge is 0.459 e. The average Bonchev–Trinajstić information content (AvgIpc) is 3.08. The Morgan fingerprint density at radius 1 is 1.00 bits per heavy atom. The molecule has 1 aliphatic heterocycles. The van der Waals surface area contributed by atoms with Crippen LogP contribution in [0.4, 0.5) is 4.39 Å². The van der Waals surface area contributed by atoms with Crippen molar-refractivity contribution in [3.63, 3.8) is 0 Å². The molecule has 0 aliphatic carbocycles. The van der Waals surface area contributed by atoms with Gasteiger partial charge in [-0.2, -0.15) is 0 Å². The zero-order valence-electron chi connectivity index (χ0n) is 18.1. The fourth-order valence-electron chi connectivity index (χ4n) is 3.71. The van der Waals surface area contributed by atoms with Gasteiger partial charge in [-0.05, 0) is 31.2 Å². The summed E-state index contributed by atoms with van der Waals surface area (Å²) in [4.78, 5) is 50.8. The molecular weight excluding hydrogens is 447 g/mol. The van der Waals surface area contributed by atoms with E-state index in [4.69, 9.17) is 14.2 Å². The highest BCUT2D eigenvalue weighted by Gasteiger charge is 2.58. The lowest BCUT2D eigenvalue weighted by atomic mass is 9.98. The van der Waals surface area contributed by atoms with Gasteiger partial charge in [0.25, 0.3) is 5.56 Å². The number of ether oxygens (including phenoxy) is 3. The van der Waals surface area contributed by atoms with E-state index in [2.05, 4.69) is 0 Å². The van der Waals surface area contributed by atoms with Gasteiger partial charge in [0.1, 0.15) is 12.7 Å². The first kappa shape index (κ1) is 23.1. The molecule has 1 saturated heterocycles. The molecule has 3 unspecified atom stereocenters. The van der Waals surface area contributed by atoms with Crippen molar-refractivity contribution in [1.82, 2.24) is 9.55 Å². The summed E-state index contributed by atoms with van der Waals surface area (Å²) in [6, 6.07) is 17.1. The highest BCUT2D eigenvalue weighted by Crippen LogP contribution is 2.42. The molecule has 0 radical (unpaired) electrons. The van der Waals surface area contributed by atoms with Gasteiger partial charge in [0.15, 0.2) is 18.0 Å². The van der Waals surface area contributed by atoms with Crippen molar-refractivity contribution in [3.05, 3.63) is 105 Å². The highest BCUT2D eigenvalue weighted by atomic mass is 19.1. The molecule has 0 saturated carbocycles. The van der Waals surface area contributed by atoms with E-state index in [9.17, 15) is 19.2 Å². The number of esters is 2. The molecule has 3 aromatic rings. The van der Waals surface area contributed by atoms with E-state index in [1.807, 2.05) is 4.98 Å². The van der Waals surface area contributed by atoms with Gasteiger partial charge >= 0.3 is 17.6 Å². The third kappa shape index (κ3) is 4.67. The Bertz CT molecular complexity index is 1290. The van der Waals surface area contributed by atoms with Gasteiger partial charge in [0.2, 0.25) is 0 Å². The number of carbonyl (C=O) groups is 2. The van der Waals surface area contributed by atoms with E-state index in [0.29, 0.717) is 0 Å². The molecular formula is C24H21FN2O7. The summed E-state index contributed by atoms with van der Waals surface area (Å²) in [5.74, 6) is -1.49. The van der Waals surface area contributed by atoms with Crippen LogP contribution in [0, 0.1) is 0 Å².